The first-order chi connectivity index (χ1) is 8.20. The molecule has 1 heterocycles. The summed E-state index contributed by atoms with van der Waals surface area (Å²) in [6, 6.07) is 1.70. The quantitative estimate of drug-likeness (QED) is 0.745. The number of carbonyl (C=O) groups is 1. The van der Waals surface area contributed by atoms with E-state index in [1.807, 2.05) is 4.90 Å². The number of hydrogen-bond acceptors (Lipinski definition) is 5. The monoisotopic (exact) mass is 237 g/mol. The molecule has 1 fully saturated rings. The average Bonchev–Trinajstić information content (AvgIpc) is 3.10. The normalized spacial score (nSPS) is 14.4. The molecule has 6 heteroatoms. The fraction of sp³-hybridized carbons (Fsp3) is 0.545. The van der Waals surface area contributed by atoms with E-state index in [0.717, 1.165) is 12.8 Å². The number of carbonyl (C=O) groups excluding carboxylic acids is 1. The number of aromatic nitrogens is 2. The molecule has 0 radical (unpaired) electrons. The highest BCUT2D eigenvalue weighted by Gasteiger charge is 2.31. The number of esters is 1. The van der Waals surface area contributed by atoms with Crippen LogP contribution in [-0.4, -0.2) is 35.1 Å². The van der Waals surface area contributed by atoms with Crippen LogP contribution < -0.4 is 10.5 Å². The van der Waals surface area contributed by atoms with Gasteiger partial charge in [0.25, 0.3) is 5.56 Å². The Morgan fingerprint density at radius 2 is 2.41 bits per heavy atom. The summed E-state index contributed by atoms with van der Waals surface area (Å²) in [7, 11) is 0. The smallest absolute Gasteiger partial charge is 0.325 e. The van der Waals surface area contributed by atoms with Crippen molar-refractivity contribution in [2.75, 3.05) is 18.1 Å². The Morgan fingerprint density at radius 1 is 1.65 bits per heavy atom. The minimum Gasteiger partial charge on any atom is -0.465 e. The Labute approximate surface area is 98.6 Å². The lowest BCUT2D eigenvalue weighted by atomic mass is 10.4. The fourth-order valence-corrected chi connectivity index (χ4v) is 1.64. The Morgan fingerprint density at radius 3 is 3.00 bits per heavy atom. The van der Waals surface area contributed by atoms with E-state index >= 15 is 0 Å². The van der Waals surface area contributed by atoms with Gasteiger partial charge in [0.15, 0.2) is 0 Å². The second-order valence-electron chi connectivity index (χ2n) is 3.93. The molecule has 0 amide bonds. The molecule has 1 N–H and O–H groups in total. The lowest BCUT2D eigenvalue weighted by Gasteiger charge is -2.21. The molecule has 1 aromatic heterocycles. The summed E-state index contributed by atoms with van der Waals surface area (Å²) in [6.07, 6.45) is 3.39. The number of H-pyrrole nitrogens is 1. The summed E-state index contributed by atoms with van der Waals surface area (Å²) in [5.41, 5.74) is -0.218. The van der Waals surface area contributed by atoms with Gasteiger partial charge in [0.2, 0.25) is 0 Å². The van der Waals surface area contributed by atoms with Crippen LogP contribution in [0.4, 0.5) is 5.82 Å². The van der Waals surface area contributed by atoms with Crippen LogP contribution in [0.25, 0.3) is 0 Å². The molecule has 1 aromatic rings. The van der Waals surface area contributed by atoms with Crippen molar-refractivity contribution in [2.24, 2.45) is 0 Å². The summed E-state index contributed by atoms with van der Waals surface area (Å²) in [5, 5.41) is 0. The maximum absolute atomic E-state index is 11.5. The van der Waals surface area contributed by atoms with E-state index in [1.165, 1.54) is 12.4 Å². The Hall–Kier alpha value is -1.85. The molecule has 0 atom stereocenters. The summed E-state index contributed by atoms with van der Waals surface area (Å²) in [6.45, 7) is 2.28. The predicted octanol–water partition coefficient (Wildman–Crippen LogP) is 0.302. The lowest BCUT2D eigenvalue weighted by molar-refractivity contribution is -0.141. The maximum Gasteiger partial charge on any atom is 0.325 e. The van der Waals surface area contributed by atoms with Gasteiger partial charge in [-0.05, 0) is 19.8 Å². The molecule has 0 aromatic carbocycles. The van der Waals surface area contributed by atoms with Crippen molar-refractivity contribution in [1.82, 2.24) is 9.97 Å². The predicted molar refractivity (Wildman–Crippen MR) is 61.9 cm³/mol. The zero-order valence-corrected chi connectivity index (χ0v) is 9.68. The van der Waals surface area contributed by atoms with E-state index in [-0.39, 0.29) is 18.1 Å². The average molecular weight is 237 g/mol. The van der Waals surface area contributed by atoms with Gasteiger partial charge in [-0.3, -0.25) is 9.59 Å². The molecule has 6 nitrogen and oxygen atoms in total. The number of rotatable bonds is 5. The molecule has 1 aliphatic carbocycles. The van der Waals surface area contributed by atoms with Crippen molar-refractivity contribution >= 4 is 11.8 Å². The van der Waals surface area contributed by atoms with Crippen molar-refractivity contribution in [3.63, 3.8) is 0 Å². The molecule has 17 heavy (non-hydrogen) atoms. The minimum absolute atomic E-state index is 0.148. The van der Waals surface area contributed by atoms with Crippen LogP contribution in [0.5, 0.6) is 0 Å². The van der Waals surface area contributed by atoms with E-state index in [0.29, 0.717) is 18.5 Å². The molecule has 1 aliphatic rings. The third-order valence-electron chi connectivity index (χ3n) is 2.55. The van der Waals surface area contributed by atoms with Gasteiger partial charge in [-0.2, -0.15) is 0 Å². The van der Waals surface area contributed by atoms with E-state index in [2.05, 4.69) is 9.97 Å². The fourth-order valence-electron chi connectivity index (χ4n) is 1.64. The van der Waals surface area contributed by atoms with Crippen LogP contribution >= 0.6 is 0 Å². The van der Waals surface area contributed by atoms with Crippen LogP contribution in [0, 0.1) is 0 Å². The Kier molecular flexibility index (Phi) is 3.41. The summed E-state index contributed by atoms with van der Waals surface area (Å²) in [4.78, 5) is 31.0. The molecule has 92 valence electrons. The van der Waals surface area contributed by atoms with Crippen LogP contribution in [0.2, 0.25) is 0 Å². The zero-order chi connectivity index (χ0) is 12.3. The zero-order valence-electron chi connectivity index (χ0n) is 9.68. The van der Waals surface area contributed by atoms with Gasteiger partial charge in [0, 0.05) is 12.1 Å². The lowest BCUT2D eigenvalue weighted by Crippen LogP contribution is -2.34. The maximum atomic E-state index is 11.5. The largest absolute Gasteiger partial charge is 0.465 e. The summed E-state index contributed by atoms with van der Waals surface area (Å²) in [5.74, 6) is 0.241. The summed E-state index contributed by atoms with van der Waals surface area (Å²) < 4.78 is 4.91. The van der Waals surface area contributed by atoms with E-state index in [4.69, 9.17) is 4.74 Å². The molecule has 1 saturated carbocycles. The molecule has 2 rings (SSSR count). The Balaban J connectivity index is 2.12. The molecular formula is C11H15N3O3. The molecule has 0 spiro atoms. The highest BCUT2D eigenvalue weighted by atomic mass is 16.5. The molecule has 0 aliphatic heterocycles. The van der Waals surface area contributed by atoms with E-state index in [9.17, 15) is 9.59 Å². The number of nitrogens with one attached hydrogen (secondary N) is 1. The number of nitrogens with zero attached hydrogens (tertiary/aromatic N) is 2. The minimum atomic E-state index is -0.290. The first kappa shape index (κ1) is 11.6. The van der Waals surface area contributed by atoms with Crippen molar-refractivity contribution in [1.29, 1.82) is 0 Å². The first-order valence-corrected chi connectivity index (χ1v) is 5.67. The number of aromatic amines is 1. The SMILES string of the molecule is CCOC(=O)CN(c1cc(=O)[nH]cn1)C1CC1. The van der Waals surface area contributed by atoms with Gasteiger partial charge in [0.05, 0.1) is 12.9 Å². The second kappa shape index (κ2) is 4.99. The third-order valence-corrected chi connectivity index (χ3v) is 2.55. The van der Waals surface area contributed by atoms with Crippen molar-refractivity contribution in [2.45, 2.75) is 25.8 Å². The Bertz CT molecular complexity index is 453. The van der Waals surface area contributed by atoms with Crippen molar-refractivity contribution < 1.29 is 9.53 Å². The van der Waals surface area contributed by atoms with Crippen LogP contribution in [0.1, 0.15) is 19.8 Å². The van der Waals surface area contributed by atoms with Gasteiger partial charge < -0.3 is 14.6 Å². The highest BCUT2D eigenvalue weighted by Crippen LogP contribution is 2.29. The van der Waals surface area contributed by atoms with Crippen LogP contribution in [0.3, 0.4) is 0 Å². The van der Waals surface area contributed by atoms with E-state index < -0.39 is 0 Å². The number of hydrogen-bond donors (Lipinski definition) is 1. The third kappa shape index (κ3) is 3.05. The molecular weight excluding hydrogens is 222 g/mol. The summed E-state index contributed by atoms with van der Waals surface area (Å²) >= 11 is 0. The molecule has 0 saturated heterocycles. The standard InChI is InChI=1S/C11H15N3O3/c1-2-17-11(16)6-14(8-3-4-8)9-5-10(15)13-7-12-9/h5,7-8H,2-4,6H2,1H3,(H,12,13,15). The highest BCUT2D eigenvalue weighted by molar-refractivity contribution is 5.75. The van der Waals surface area contributed by atoms with Gasteiger partial charge in [0.1, 0.15) is 12.4 Å². The first-order valence-electron chi connectivity index (χ1n) is 5.67. The molecule has 0 unspecified atom stereocenters. The second-order valence-corrected chi connectivity index (χ2v) is 3.93. The van der Waals surface area contributed by atoms with Crippen LogP contribution in [0.15, 0.2) is 17.2 Å². The van der Waals surface area contributed by atoms with Gasteiger partial charge >= 0.3 is 5.97 Å². The van der Waals surface area contributed by atoms with Gasteiger partial charge in [-0.25, -0.2) is 4.98 Å². The topological polar surface area (TPSA) is 75.3 Å². The molecule has 0 bridgehead atoms. The number of ether oxygens (including phenoxy) is 1. The van der Waals surface area contributed by atoms with Gasteiger partial charge in [-0.15, -0.1) is 0 Å². The van der Waals surface area contributed by atoms with Crippen molar-refractivity contribution in [3.8, 4) is 0 Å². The van der Waals surface area contributed by atoms with Crippen molar-refractivity contribution in [3.05, 3.63) is 22.7 Å². The number of anilines is 1. The van der Waals surface area contributed by atoms with Crippen LogP contribution in [-0.2, 0) is 9.53 Å². The van der Waals surface area contributed by atoms with E-state index in [1.54, 1.807) is 6.92 Å². The van der Waals surface area contributed by atoms with Gasteiger partial charge in [-0.1, -0.05) is 0 Å².